The van der Waals surface area contributed by atoms with Gasteiger partial charge in [0.25, 0.3) is 0 Å². The summed E-state index contributed by atoms with van der Waals surface area (Å²) in [6.45, 7) is 3.10. The van der Waals surface area contributed by atoms with Crippen LogP contribution >= 0.6 is 0 Å². The van der Waals surface area contributed by atoms with Crippen molar-refractivity contribution >= 4 is 24.5 Å². The maximum Gasteiger partial charge on any atom is 0.243 e. The lowest BCUT2D eigenvalue weighted by atomic mass is 9.99. The number of hydrogen-bond donors (Lipinski definition) is 3. The minimum absolute atomic E-state index is 0.0626. The Morgan fingerprint density at radius 2 is 1.88 bits per heavy atom. The first kappa shape index (κ1) is 24.9. The quantitative estimate of drug-likeness (QED) is 0.297. The van der Waals surface area contributed by atoms with E-state index in [2.05, 4.69) is 10.3 Å². The number of aromatic nitrogens is 1. The molecule has 0 saturated carbocycles. The first-order valence-corrected chi connectivity index (χ1v) is 11.0. The van der Waals surface area contributed by atoms with Gasteiger partial charge < -0.3 is 15.1 Å². The second-order valence-electron chi connectivity index (χ2n) is 8.45. The summed E-state index contributed by atoms with van der Waals surface area (Å²) >= 11 is 0. The topological polar surface area (TPSA) is 113 Å². The largest absolute Gasteiger partial charge is 0.342 e. The van der Waals surface area contributed by atoms with Crippen LogP contribution in [-0.4, -0.2) is 64.6 Å². The number of nitrogens with zero attached hydrogens (tertiary/aromatic N) is 3. The number of pyridine rings is 1. The van der Waals surface area contributed by atoms with Gasteiger partial charge in [-0.25, -0.2) is 9.37 Å². The Hall–Kier alpha value is -3.69. The van der Waals surface area contributed by atoms with E-state index in [-0.39, 0.29) is 31.1 Å². The lowest BCUT2D eigenvalue weighted by Gasteiger charge is -2.27. The number of hydrogen-bond acceptors (Lipinski definition) is 5. The molecule has 2 amide bonds. The first-order valence-electron chi connectivity index (χ1n) is 11.0. The summed E-state index contributed by atoms with van der Waals surface area (Å²) in [5.74, 6) is -1.85. The molecule has 1 aliphatic heterocycles. The summed E-state index contributed by atoms with van der Waals surface area (Å²) in [6, 6.07) is 10.3. The van der Waals surface area contributed by atoms with Crippen LogP contribution in [-0.2, 0) is 9.59 Å². The van der Waals surface area contributed by atoms with E-state index in [1.165, 1.54) is 0 Å². The zero-order valence-corrected chi connectivity index (χ0v) is 19.0. The molecule has 1 fully saturated rings. The van der Waals surface area contributed by atoms with Gasteiger partial charge in [-0.15, -0.1) is 0 Å². The van der Waals surface area contributed by atoms with Crippen LogP contribution < -0.4 is 5.32 Å². The minimum atomic E-state index is -1.39. The van der Waals surface area contributed by atoms with Crippen molar-refractivity contribution in [2.24, 2.45) is 0 Å². The fourth-order valence-corrected chi connectivity index (χ4v) is 3.95. The van der Waals surface area contributed by atoms with Crippen LogP contribution in [0.15, 0.2) is 42.5 Å². The molecule has 3 N–H and O–H groups in total. The maximum atomic E-state index is 14.7. The summed E-state index contributed by atoms with van der Waals surface area (Å²) in [5.41, 5.74) is 1.40. The van der Waals surface area contributed by atoms with Crippen LogP contribution in [0, 0.1) is 16.8 Å². The van der Waals surface area contributed by atoms with Crippen LogP contribution in [0.25, 0.3) is 0 Å². The highest BCUT2D eigenvalue weighted by Gasteiger charge is 2.40. The first-order chi connectivity index (χ1) is 16.2. The Morgan fingerprint density at radius 1 is 1.21 bits per heavy atom. The van der Waals surface area contributed by atoms with E-state index in [4.69, 9.17) is 10.8 Å². The molecule has 8 nitrogen and oxygen atoms in total. The predicted molar refractivity (Wildman–Crippen MR) is 124 cm³/mol. The van der Waals surface area contributed by atoms with Crippen LogP contribution in [0.3, 0.4) is 0 Å². The van der Waals surface area contributed by atoms with Crippen LogP contribution in [0.5, 0.6) is 0 Å². The van der Waals surface area contributed by atoms with Crippen molar-refractivity contribution in [3.05, 3.63) is 65.2 Å². The van der Waals surface area contributed by atoms with Crippen molar-refractivity contribution < 1.29 is 18.4 Å². The van der Waals surface area contributed by atoms with Gasteiger partial charge in [-0.3, -0.25) is 20.4 Å². The normalized spacial score (nSPS) is 18.4. The molecule has 0 radical (unpaired) electrons. The summed E-state index contributed by atoms with van der Waals surface area (Å²) < 4.78 is 28.9. The number of likely N-dealkylation sites (tertiary alicyclic amines) is 1. The number of rotatable bonds is 9. The van der Waals surface area contributed by atoms with Gasteiger partial charge in [-0.1, -0.05) is 50.2 Å². The molecule has 2 aromatic rings. The number of alkyl halides is 1. The summed E-state index contributed by atoms with van der Waals surface area (Å²) in [6.07, 6.45) is 0.0388. The molecule has 10 heteroatoms. The fraction of sp³-hybridized carbons (Fsp3) is 0.375. The van der Waals surface area contributed by atoms with Gasteiger partial charge in [0.2, 0.25) is 17.8 Å². The van der Waals surface area contributed by atoms with Crippen molar-refractivity contribution in [3.8, 4) is 0 Å². The molecule has 34 heavy (non-hydrogen) atoms. The molecule has 3 atom stereocenters. The lowest BCUT2D eigenvalue weighted by molar-refractivity contribution is -0.138. The van der Waals surface area contributed by atoms with Crippen LogP contribution in [0.1, 0.15) is 49.0 Å². The zero-order valence-electron chi connectivity index (χ0n) is 19.0. The monoisotopic (exact) mass is 470 g/mol. The van der Waals surface area contributed by atoms with Gasteiger partial charge in [0.1, 0.15) is 18.8 Å². The Labute approximate surface area is 197 Å². The van der Waals surface area contributed by atoms with Crippen molar-refractivity contribution in [1.82, 2.24) is 20.1 Å². The highest BCUT2D eigenvalue weighted by Crippen LogP contribution is 2.26. The van der Waals surface area contributed by atoms with Gasteiger partial charge in [0, 0.05) is 12.0 Å². The Kier molecular flexibility index (Phi) is 8.04. The third-order valence-electron chi connectivity index (χ3n) is 5.76. The Balaban J connectivity index is 1.88. The van der Waals surface area contributed by atoms with Gasteiger partial charge in [0.15, 0.2) is 0 Å². The molecule has 0 spiro atoms. The minimum Gasteiger partial charge on any atom is -0.342 e. The van der Waals surface area contributed by atoms with E-state index in [0.29, 0.717) is 11.1 Å². The SMILES string of the molecule is CC(C)c1ccc([C@@H](NC(=O)[C@@H]2C[C@@H](F)CN2C(=O)CN(C=N)C=N)c2ccccc2)nc1F. The number of carbonyl (C=O) groups excluding carboxylic acids is 2. The molecule has 180 valence electrons. The number of nitrogens with one attached hydrogen (secondary N) is 3. The Morgan fingerprint density at radius 3 is 2.47 bits per heavy atom. The predicted octanol–water partition coefficient (Wildman–Crippen LogP) is 3.00. The fourth-order valence-electron chi connectivity index (χ4n) is 3.95. The van der Waals surface area contributed by atoms with E-state index < -0.39 is 36.0 Å². The van der Waals surface area contributed by atoms with Crippen LogP contribution in [0.4, 0.5) is 8.78 Å². The summed E-state index contributed by atoms with van der Waals surface area (Å²) in [7, 11) is 0. The molecule has 1 aliphatic rings. The van der Waals surface area contributed by atoms with E-state index in [1.807, 2.05) is 19.9 Å². The third-order valence-corrected chi connectivity index (χ3v) is 5.76. The summed E-state index contributed by atoms with van der Waals surface area (Å²) in [4.78, 5) is 32.2. The van der Waals surface area contributed by atoms with E-state index in [0.717, 1.165) is 22.5 Å². The average molecular weight is 471 g/mol. The lowest BCUT2D eigenvalue weighted by Crippen LogP contribution is -2.49. The number of halogens is 2. The standard InChI is InChI=1S/C24H28F2N6O2/c1-15(2)18-8-9-19(29-23(18)26)22(16-6-4-3-5-7-16)30-24(34)20-10-17(25)11-32(20)21(33)12-31(13-27)14-28/h3-9,13-15,17,20,22,27-28H,10-12H2,1-2H3,(H,30,34)/t17-,20+,22+/m1/s1. The molecular formula is C24H28F2N6O2. The van der Waals surface area contributed by atoms with Crippen molar-refractivity contribution in [2.45, 2.75) is 44.4 Å². The van der Waals surface area contributed by atoms with E-state index in [1.54, 1.807) is 36.4 Å². The molecule has 0 bridgehead atoms. The molecule has 1 saturated heterocycles. The third kappa shape index (κ3) is 5.62. The van der Waals surface area contributed by atoms with Crippen molar-refractivity contribution in [2.75, 3.05) is 13.1 Å². The van der Waals surface area contributed by atoms with Crippen molar-refractivity contribution in [1.29, 1.82) is 10.8 Å². The molecule has 0 unspecified atom stereocenters. The highest BCUT2D eigenvalue weighted by atomic mass is 19.1. The van der Waals surface area contributed by atoms with E-state index in [9.17, 15) is 18.4 Å². The van der Waals surface area contributed by atoms with Gasteiger partial charge >= 0.3 is 0 Å². The molecule has 1 aromatic carbocycles. The number of benzene rings is 1. The average Bonchev–Trinajstić information content (AvgIpc) is 3.23. The maximum absolute atomic E-state index is 14.7. The van der Waals surface area contributed by atoms with E-state index >= 15 is 0 Å². The molecular weight excluding hydrogens is 442 g/mol. The highest BCUT2D eigenvalue weighted by molar-refractivity contribution is 5.91. The van der Waals surface area contributed by atoms with Gasteiger partial charge in [-0.05, 0) is 17.5 Å². The summed E-state index contributed by atoms with van der Waals surface area (Å²) in [5, 5.41) is 17.3. The molecule has 1 aromatic heterocycles. The molecule has 0 aliphatic carbocycles. The van der Waals surface area contributed by atoms with Crippen molar-refractivity contribution in [3.63, 3.8) is 0 Å². The van der Waals surface area contributed by atoms with Crippen LogP contribution in [0.2, 0.25) is 0 Å². The number of amides is 2. The number of carbonyl (C=O) groups is 2. The second-order valence-corrected chi connectivity index (χ2v) is 8.45. The second kappa shape index (κ2) is 11.0. The Bertz CT molecular complexity index is 1040. The smallest absolute Gasteiger partial charge is 0.243 e. The van der Waals surface area contributed by atoms with Gasteiger partial charge in [-0.2, -0.15) is 4.39 Å². The van der Waals surface area contributed by atoms with Gasteiger partial charge in [0.05, 0.1) is 31.0 Å². The molecule has 3 rings (SSSR count). The molecule has 2 heterocycles. The zero-order chi connectivity index (χ0) is 24.8.